The number of rotatable bonds is 1. The van der Waals surface area contributed by atoms with Crippen LogP contribution in [0.3, 0.4) is 0 Å². The summed E-state index contributed by atoms with van der Waals surface area (Å²) in [5.74, 6) is 0. The monoisotopic (exact) mass is 177 g/mol. The Kier molecular flexibility index (Phi) is 2.62. The Bertz CT molecular complexity index is 260. The molecule has 70 valence electrons. The van der Waals surface area contributed by atoms with Crippen LogP contribution >= 0.6 is 0 Å². The molecule has 1 fully saturated rings. The van der Waals surface area contributed by atoms with Crippen LogP contribution in [0, 0.1) is 0 Å². The van der Waals surface area contributed by atoms with Gasteiger partial charge in [0.25, 0.3) is 0 Å². The smallest absolute Gasteiger partial charge is 0.0839 e. The topological polar surface area (TPSA) is 35.2 Å². The molecule has 2 N–H and O–H groups in total. The van der Waals surface area contributed by atoms with Gasteiger partial charge in [-0.1, -0.05) is 30.3 Å². The summed E-state index contributed by atoms with van der Waals surface area (Å²) in [6.07, 6.45) is 2.15. The van der Waals surface area contributed by atoms with E-state index in [4.69, 9.17) is 10.5 Å². The van der Waals surface area contributed by atoms with E-state index in [0.717, 1.165) is 19.4 Å². The Morgan fingerprint density at radius 2 is 2.00 bits per heavy atom. The fourth-order valence-electron chi connectivity index (χ4n) is 1.72. The van der Waals surface area contributed by atoms with E-state index in [0.29, 0.717) is 6.04 Å². The van der Waals surface area contributed by atoms with Crippen molar-refractivity contribution in [2.45, 2.75) is 25.0 Å². The Morgan fingerprint density at radius 3 is 2.69 bits per heavy atom. The quantitative estimate of drug-likeness (QED) is 0.710. The summed E-state index contributed by atoms with van der Waals surface area (Å²) in [5, 5.41) is 0. The molecule has 1 aliphatic heterocycles. The van der Waals surface area contributed by atoms with Crippen molar-refractivity contribution in [3.05, 3.63) is 35.9 Å². The summed E-state index contributed by atoms with van der Waals surface area (Å²) in [6, 6.07) is 10.6. The maximum atomic E-state index is 5.88. The largest absolute Gasteiger partial charge is 0.373 e. The van der Waals surface area contributed by atoms with Gasteiger partial charge in [0.1, 0.15) is 0 Å². The molecule has 0 bridgehead atoms. The Balaban J connectivity index is 2.08. The third-order valence-electron chi connectivity index (χ3n) is 2.50. The van der Waals surface area contributed by atoms with Gasteiger partial charge in [-0.2, -0.15) is 0 Å². The molecule has 1 unspecified atom stereocenters. The molecule has 13 heavy (non-hydrogen) atoms. The summed E-state index contributed by atoms with van der Waals surface area (Å²) in [7, 11) is 0. The highest BCUT2D eigenvalue weighted by Gasteiger charge is 2.20. The molecule has 2 nitrogen and oxygen atoms in total. The lowest BCUT2D eigenvalue weighted by Gasteiger charge is -2.27. The van der Waals surface area contributed by atoms with Gasteiger partial charge in [-0.3, -0.25) is 0 Å². The van der Waals surface area contributed by atoms with E-state index in [9.17, 15) is 0 Å². The first-order chi connectivity index (χ1) is 6.36. The van der Waals surface area contributed by atoms with E-state index < -0.39 is 0 Å². The van der Waals surface area contributed by atoms with Crippen LogP contribution in [0.25, 0.3) is 0 Å². The van der Waals surface area contributed by atoms with Gasteiger partial charge in [-0.25, -0.2) is 0 Å². The van der Waals surface area contributed by atoms with Gasteiger partial charge < -0.3 is 10.5 Å². The van der Waals surface area contributed by atoms with Gasteiger partial charge in [0.05, 0.1) is 6.10 Å². The highest BCUT2D eigenvalue weighted by Crippen LogP contribution is 2.26. The lowest BCUT2D eigenvalue weighted by Crippen LogP contribution is -2.30. The third kappa shape index (κ3) is 2.08. The fourth-order valence-corrected chi connectivity index (χ4v) is 1.72. The minimum absolute atomic E-state index is 0.213. The van der Waals surface area contributed by atoms with E-state index in [1.165, 1.54) is 5.56 Å². The summed E-state index contributed by atoms with van der Waals surface area (Å²) in [6.45, 7) is 0.792. The third-order valence-corrected chi connectivity index (χ3v) is 2.50. The van der Waals surface area contributed by atoms with Crippen molar-refractivity contribution in [2.75, 3.05) is 6.61 Å². The van der Waals surface area contributed by atoms with Crippen molar-refractivity contribution in [3.63, 3.8) is 0 Å². The molecule has 1 aromatic carbocycles. The molecule has 0 radical (unpaired) electrons. The second-order valence-corrected chi connectivity index (χ2v) is 3.55. The van der Waals surface area contributed by atoms with Crippen LogP contribution in [-0.4, -0.2) is 12.6 Å². The minimum atomic E-state index is 0.213. The highest BCUT2D eigenvalue weighted by molar-refractivity contribution is 5.18. The summed E-state index contributed by atoms with van der Waals surface area (Å²) in [4.78, 5) is 0. The van der Waals surface area contributed by atoms with Gasteiger partial charge >= 0.3 is 0 Å². The van der Waals surface area contributed by atoms with Gasteiger partial charge in [-0.15, -0.1) is 0 Å². The number of hydrogen-bond donors (Lipinski definition) is 1. The van der Waals surface area contributed by atoms with Gasteiger partial charge in [0.2, 0.25) is 0 Å². The first-order valence-electron chi connectivity index (χ1n) is 4.78. The standard InChI is InChI=1S/C11H15NO/c12-10-6-7-13-11(8-10)9-4-2-1-3-5-9/h1-5,10-11H,6-8,12H2/t10-,11?/m0/s1. The predicted octanol–water partition coefficient (Wildman–Crippen LogP) is 1.87. The molecule has 1 aromatic rings. The number of benzene rings is 1. The van der Waals surface area contributed by atoms with Gasteiger partial charge in [0.15, 0.2) is 0 Å². The van der Waals surface area contributed by atoms with Crippen molar-refractivity contribution in [1.82, 2.24) is 0 Å². The lowest BCUT2D eigenvalue weighted by atomic mass is 9.98. The van der Waals surface area contributed by atoms with Crippen LogP contribution in [0.1, 0.15) is 24.5 Å². The van der Waals surface area contributed by atoms with Crippen molar-refractivity contribution in [2.24, 2.45) is 5.73 Å². The van der Waals surface area contributed by atoms with Crippen LogP contribution in [0.4, 0.5) is 0 Å². The van der Waals surface area contributed by atoms with Crippen molar-refractivity contribution >= 4 is 0 Å². The molecule has 0 saturated carbocycles. The Labute approximate surface area is 78.7 Å². The van der Waals surface area contributed by atoms with Crippen LogP contribution in [0.5, 0.6) is 0 Å². The second-order valence-electron chi connectivity index (χ2n) is 3.55. The fraction of sp³-hybridized carbons (Fsp3) is 0.455. The zero-order valence-corrected chi connectivity index (χ0v) is 7.65. The molecular weight excluding hydrogens is 162 g/mol. The summed E-state index contributed by atoms with van der Waals surface area (Å²) in [5.41, 5.74) is 7.13. The Hall–Kier alpha value is -0.860. The molecular formula is C11H15NO. The second kappa shape index (κ2) is 3.90. The summed E-state index contributed by atoms with van der Waals surface area (Å²) >= 11 is 0. The SMILES string of the molecule is N[C@H]1CCOC(c2ccccc2)C1. The maximum absolute atomic E-state index is 5.88. The van der Waals surface area contributed by atoms with Crippen molar-refractivity contribution < 1.29 is 4.74 Å². The zero-order valence-electron chi connectivity index (χ0n) is 7.65. The molecule has 0 aliphatic carbocycles. The maximum Gasteiger partial charge on any atom is 0.0839 e. The van der Waals surface area contributed by atoms with E-state index >= 15 is 0 Å². The van der Waals surface area contributed by atoms with Crippen molar-refractivity contribution in [1.29, 1.82) is 0 Å². The average Bonchev–Trinajstić information content (AvgIpc) is 2.19. The van der Waals surface area contributed by atoms with E-state index in [1.807, 2.05) is 18.2 Å². The van der Waals surface area contributed by atoms with Crippen LogP contribution < -0.4 is 5.73 Å². The van der Waals surface area contributed by atoms with Crippen LogP contribution in [0.2, 0.25) is 0 Å². The van der Waals surface area contributed by atoms with E-state index in [1.54, 1.807) is 0 Å². The van der Waals surface area contributed by atoms with Crippen LogP contribution in [0.15, 0.2) is 30.3 Å². The molecule has 2 atom stereocenters. The number of ether oxygens (including phenoxy) is 1. The highest BCUT2D eigenvalue weighted by atomic mass is 16.5. The molecule has 2 rings (SSSR count). The molecule has 1 saturated heterocycles. The van der Waals surface area contributed by atoms with Gasteiger partial charge in [0, 0.05) is 12.6 Å². The summed E-state index contributed by atoms with van der Waals surface area (Å²) < 4.78 is 5.65. The molecule has 0 aromatic heterocycles. The van der Waals surface area contributed by atoms with E-state index in [-0.39, 0.29) is 6.10 Å². The average molecular weight is 177 g/mol. The molecule has 2 heteroatoms. The zero-order chi connectivity index (χ0) is 9.10. The molecule has 1 heterocycles. The molecule has 0 spiro atoms. The first kappa shape index (κ1) is 8.73. The van der Waals surface area contributed by atoms with E-state index in [2.05, 4.69) is 12.1 Å². The number of hydrogen-bond acceptors (Lipinski definition) is 2. The predicted molar refractivity (Wildman–Crippen MR) is 52.3 cm³/mol. The van der Waals surface area contributed by atoms with Gasteiger partial charge in [-0.05, 0) is 18.4 Å². The normalized spacial score (nSPS) is 28.7. The lowest BCUT2D eigenvalue weighted by molar-refractivity contribution is 0.00668. The van der Waals surface area contributed by atoms with Crippen molar-refractivity contribution in [3.8, 4) is 0 Å². The van der Waals surface area contributed by atoms with Crippen LogP contribution in [-0.2, 0) is 4.74 Å². The minimum Gasteiger partial charge on any atom is -0.373 e. The Morgan fingerprint density at radius 1 is 1.23 bits per heavy atom. The number of nitrogens with two attached hydrogens (primary N) is 1. The molecule has 0 amide bonds. The first-order valence-corrected chi connectivity index (χ1v) is 4.78. The molecule has 1 aliphatic rings.